The van der Waals surface area contributed by atoms with Crippen molar-refractivity contribution in [3.05, 3.63) is 53.1 Å². The first-order valence-electron chi connectivity index (χ1n) is 8.03. The van der Waals surface area contributed by atoms with Gasteiger partial charge >= 0.3 is 0 Å². The molecule has 1 heterocycles. The van der Waals surface area contributed by atoms with Crippen LogP contribution in [0.1, 0.15) is 19.4 Å². The molecule has 0 radical (unpaired) electrons. The normalized spacial score (nSPS) is 30.1. The van der Waals surface area contributed by atoms with E-state index in [0.717, 1.165) is 5.56 Å². The molecule has 1 aliphatic heterocycles. The number of carbonyl (C=O) groups excluding carboxylic acids is 2. The second-order valence-electron chi connectivity index (χ2n) is 6.43. The summed E-state index contributed by atoms with van der Waals surface area (Å²) in [4.78, 5) is 28.8. The van der Waals surface area contributed by atoms with Crippen LogP contribution in [0.4, 0.5) is 0 Å². The van der Waals surface area contributed by atoms with Gasteiger partial charge in [0.15, 0.2) is 16.6 Å². The number of Topliss-reactive ketones (excluding diaryl/α,β-unsaturated/α-hetero) is 1. The second kappa shape index (κ2) is 5.79. The molecule has 0 aromatic heterocycles. The van der Waals surface area contributed by atoms with E-state index in [4.69, 9.17) is 5.73 Å². The minimum atomic E-state index is -1.86. The van der Waals surface area contributed by atoms with Crippen LogP contribution in [-0.2, 0) is 9.59 Å². The van der Waals surface area contributed by atoms with Crippen molar-refractivity contribution in [3.63, 3.8) is 0 Å². The molecular weight excluding hydrogens is 328 g/mol. The lowest BCUT2D eigenvalue weighted by Gasteiger charge is -2.31. The maximum atomic E-state index is 12.7. The predicted molar refractivity (Wildman–Crippen MR) is 95.1 cm³/mol. The number of hydrogen-bond donors (Lipinski definition) is 1. The standard InChI is InChI=1S/C20H16N4O2/c1-12-16(13(2)25)15(9-8-14-6-4-3-5-7-14)20(11-22)18(26)24-17(23)19(12,20)10-21/h3-9,15H,1-2H3,(H2,23,24,26)/b9-8+/t15-,19-,20-/m0/s1. The summed E-state index contributed by atoms with van der Waals surface area (Å²) in [6.45, 7) is 2.93. The van der Waals surface area contributed by atoms with E-state index >= 15 is 0 Å². The lowest BCUT2D eigenvalue weighted by Crippen LogP contribution is -2.48. The summed E-state index contributed by atoms with van der Waals surface area (Å²) in [6.07, 6.45) is 3.36. The highest BCUT2D eigenvalue weighted by molar-refractivity contribution is 6.17. The minimum Gasteiger partial charge on any atom is -0.385 e. The highest BCUT2D eigenvalue weighted by Crippen LogP contribution is 2.62. The number of fused-ring (bicyclic) bond motifs is 1. The average molecular weight is 344 g/mol. The third-order valence-corrected chi connectivity index (χ3v) is 5.28. The zero-order valence-electron chi connectivity index (χ0n) is 14.4. The molecule has 0 saturated heterocycles. The minimum absolute atomic E-state index is 0.224. The molecule has 1 aromatic rings. The van der Waals surface area contributed by atoms with Crippen molar-refractivity contribution in [2.75, 3.05) is 0 Å². The molecule has 0 bridgehead atoms. The second-order valence-corrected chi connectivity index (χ2v) is 6.43. The van der Waals surface area contributed by atoms with Crippen molar-refractivity contribution in [2.45, 2.75) is 13.8 Å². The molecule has 2 N–H and O–H groups in total. The smallest absolute Gasteiger partial charge is 0.271 e. The van der Waals surface area contributed by atoms with Crippen LogP contribution >= 0.6 is 0 Å². The van der Waals surface area contributed by atoms with Crippen LogP contribution in [0.25, 0.3) is 6.08 Å². The molecule has 26 heavy (non-hydrogen) atoms. The fraction of sp³-hybridized carbons (Fsp3) is 0.250. The van der Waals surface area contributed by atoms with Gasteiger partial charge in [-0.15, -0.1) is 0 Å². The number of allylic oxidation sites excluding steroid dienone is 2. The van der Waals surface area contributed by atoms with Crippen molar-refractivity contribution < 1.29 is 9.59 Å². The Morgan fingerprint density at radius 2 is 1.92 bits per heavy atom. The number of amidine groups is 1. The fourth-order valence-corrected chi connectivity index (χ4v) is 4.08. The van der Waals surface area contributed by atoms with E-state index in [9.17, 15) is 20.1 Å². The molecule has 1 amide bonds. The first kappa shape index (κ1) is 17.3. The Morgan fingerprint density at radius 3 is 2.46 bits per heavy atom. The van der Waals surface area contributed by atoms with Gasteiger partial charge in [0.25, 0.3) is 5.91 Å². The Hall–Kier alpha value is -3.51. The number of nitriles is 2. The third kappa shape index (κ3) is 1.87. The zero-order chi connectivity index (χ0) is 19.1. The summed E-state index contributed by atoms with van der Waals surface area (Å²) >= 11 is 0. The van der Waals surface area contributed by atoms with E-state index in [0.29, 0.717) is 5.57 Å². The Balaban J connectivity index is 2.28. The van der Waals surface area contributed by atoms with Crippen LogP contribution < -0.4 is 5.73 Å². The summed E-state index contributed by atoms with van der Waals surface area (Å²) in [5.74, 6) is -2.21. The Morgan fingerprint density at radius 1 is 1.27 bits per heavy atom. The van der Waals surface area contributed by atoms with Gasteiger partial charge in [-0.1, -0.05) is 42.5 Å². The topological polar surface area (TPSA) is 120 Å². The molecule has 1 aromatic carbocycles. The molecule has 1 aliphatic carbocycles. The molecule has 3 rings (SSSR count). The van der Waals surface area contributed by atoms with Crippen LogP contribution in [0, 0.1) is 39.4 Å². The Bertz CT molecular complexity index is 991. The number of nitrogens with zero attached hydrogens (tertiary/aromatic N) is 3. The number of rotatable bonds is 3. The third-order valence-electron chi connectivity index (χ3n) is 5.28. The molecule has 0 fully saturated rings. The SMILES string of the molecule is CC(=O)C1=C(C)[C@@]2(C#N)C(N)=NC(=O)[C@]2(C#N)[C@H]1/C=C/c1ccccc1. The molecular formula is C20H16N4O2. The largest absolute Gasteiger partial charge is 0.385 e. The maximum absolute atomic E-state index is 12.7. The van der Waals surface area contributed by atoms with Gasteiger partial charge < -0.3 is 5.73 Å². The van der Waals surface area contributed by atoms with Crippen LogP contribution in [0.2, 0.25) is 0 Å². The van der Waals surface area contributed by atoms with Crippen LogP contribution in [-0.4, -0.2) is 17.5 Å². The maximum Gasteiger partial charge on any atom is 0.271 e. The molecule has 0 saturated carbocycles. The molecule has 6 heteroatoms. The monoisotopic (exact) mass is 344 g/mol. The highest BCUT2D eigenvalue weighted by atomic mass is 16.2. The zero-order valence-corrected chi connectivity index (χ0v) is 14.4. The summed E-state index contributed by atoms with van der Waals surface area (Å²) in [5.41, 5.74) is 3.78. The van der Waals surface area contributed by atoms with Gasteiger partial charge in [-0.25, -0.2) is 0 Å². The predicted octanol–water partition coefficient (Wildman–Crippen LogP) is 2.15. The Kier molecular flexibility index (Phi) is 3.85. The first-order chi connectivity index (χ1) is 12.4. The molecule has 128 valence electrons. The van der Waals surface area contributed by atoms with E-state index in [1.165, 1.54) is 6.92 Å². The fourth-order valence-electron chi connectivity index (χ4n) is 4.08. The van der Waals surface area contributed by atoms with Gasteiger partial charge in [-0.05, 0) is 25.0 Å². The van der Waals surface area contributed by atoms with E-state index in [1.54, 1.807) is 19.1 Å². The number of nitrogens with two attached hydrogens (primary N) is 1. The van der Waals surface area contributed by atoms with E-state index in [-0.39, 0.29) is 17.2 Å². The quantitative estimate of drug-likeness (QED) is 0.900. The number of hydrogen-bond acceptors (Lipinski definition) is 5. The van der Waals surface area contributed by atoms with E-state index in [2.05, 4.69) is 4.99 Å². The van der Waals surface area contributed by atoms with Crippen LogP contribution in [0.5, 0.6) is 0 Å². The number of carbonyl (C=O) groups is 2. The van der Waals surface area contributed by atoms with Crippen molar-refractivity contribution in [2.24, 2.45) is 27.5 Å². The van der Waals surface area contributed by atoms with Gasteiger partial charge in [0, 0.05) is 11.5 Å². The summed E-state index contributed by atoms with van der Waals surface area (Å²) in [6, 6.07) is 13.3. The number of aliphatic imine (C=N–C) groups is 1. The number of ketones is 1. The summed E-state index contributed by atoms with van der Waals surface area (Å²) in [7, 11) is 0. The van der Waals surface area contributed by atoms with Gasteiger partial charge in [-0.2, -0.15) is 15.5 Å². The molecule has 3 atom stereocenters. The lowest BCUT2D eigenvalue weighted by atomic mass is 9.61. The van der Waals surface area contributed by atoms with Crippen molar-refractivity contribution in [3.8, 4) is 12.1 Å². The van der Waals surface area contributed by atoms with Gasteiger partial charge in [0.1, 0.15) is 5.84 Å². The average Bonchev–Trinajstić information content (AvgIpc) is 2.99. The molecule has 0 spiro atoms. The van der Waals surface area contributed by atoms with Crippen molar-refractivity contribution in [1.29, 1.82) is 10.5 Å². The van der Waals surface area contributed by atoms with E-state index < -0.39 is 22.7 Å². The highest BCUT2D eigenvalue weighted by Gasteiger charge is 2.73. The van der Waals surface area contributed by atoms with Crippen LogP contribution in [0.15, 0.2) is 52.5 Å². The van der Waals surface area contributed by atoms with Crippen LogP contribution in [0.3, 0.4) is 0 Å². The number of benzene rings is 1. The summed E-state index contributed by atoms with van der Waals surface area (Å²) in [5, 5.41) is 19.9. The van der Waals surface area contributed by atoms with Gasteiger partial charge in [0.2, 0.25) is 0 Å². The van der Waals surface area contributed by atoms with Crippen molar-refractivity contribution in [1.82, 2.24) is 0 Å². The number of amides is 1. The van der Waals surface area contributed by atoms with E-state index in [1.807, 2.05) is 42.5 Å². The summed E-state index contributed by atoms with van der Waals surface area (Å²) < 4.78 is 0. The van der Waals surface area contributed by atoms with Gasteiger partial charge in [-0.3, -0.25) is 9.59 Å². The first-order valence-corrected chi connectivity index (χ1v) is 8.03. The molecule has 2 aliphatic rings. The Labute approximate surface area is 150 Å². The lowest BCUT2D eigenvalue weighted by molar-refractivity contribution is -0.126. The van der Waals surface area contributed by atoms with Crippen molar-refractivity contribution >= 4 is 23.6 Å². The van der Waals surface area contributed by atoms with Gasteiger partial charge in [0.05, 0.1) is 12.1 Å². The molecule has 0 unspecified atom stereocenters. The molecule has 6 nitrogen and oxygen atoms in total.